The monoisotopic (exact) mass is 933 g/mol. The molecule has 364 valence electrons. The van der Waals surface area contributed by atoms with Gasteiger partial charge in [0, 0.05) is 74.3 Å². The van der Waals surface area contributed by atoms with E-state index >= 15 is 0 Å². The van der Waals surface area contributed by atoms with Crippen LogP contribution in [0.5, 0.6) is 5.75 Å². The normalized spacial score (nSPS) is 23.8. The number of carbonyl (C=O) groups excluding carboxylic acids is 5. The van der Waals surface area contributed by atoms with Crippen molar-refractivity contribution < 1.29 is 38.6 Å². The molecule has 4 aromatic rings. The molecule has 6 heterocycles. The van der Waals surface area contributed by atoms with Gasteiger partial charge in [0.05, 0.1) is 30.1 Å². The Hall–Kier alpha value is -5.84. The van der Waals surface area contributed by atoms with Crippen molar-refractivity contribution in [3.8, 4) is 28.1 Å². The van der Waals surface area contributed by atoms with E-state index < -0.39 is 47.4 Å². The fourth-order valence-corrected chi connectivity index (χ4v) is 10.6. The number of methoxy groups -OCH3 is 1. The van der Waals surface area contributed by atoms with Crippen LogP contribution in [-0.2, 0) is 52.8 Å². The van der Waals surface area contributed by atoms with E-state index in [9.17, 15) is 29.1 Å². The van der Waals surface area contributed by atoms with Gasteiger partial charge >= 0.3 is 5.97 Å². The van der Waals surface area contributed by atoms with Crippen molar-refractivity contribution in [1.82, 2.24) is 40.4 Å². The molecule has 4 aliphatic heterocycles. The number of aryl methyl sites for hydroxylation is 1. The number of cyclic esters (lactones) is 1. The molecule has 68 heavy (non-hydrogen) atoms. The summed E-state index contributed by atoms with van der Waals surface area (Å²) in [6, 6.07) is 11.4. The van der Waals surface area contributed by atoms with Crippen LogP contribution in [0.25, 0.3) is 33.3 Å². The molecule has 3 saturated heterocycles. The highest BCUT2D eigenvalue weighted by molar-refractivity contribution is 5.97. The van der Waals surface area contributed by atoms with Crippen molar-refractivity contribution in [3.63, 3.8) is 0 Å². The molecule has 7 atom stereocenters. The van der Waals surface area contributed by atoms with Gasteiger partial charge in [-0.25, -0.2) is 5.43 Å². The molecule has 16 heteroatoms. The largest absolute Gasteiger partial charge is 0.508 e. The number of likely N-dealkylation sites (N-methyl/N-ethyl adjacent to an activating group) is 1. The van der Waals surface area contributed by atoms with Gasteiger partial charge in [-0.3, -0.25) is 34.0 Å². The topological polar surface area (TPSA) is 198 Å². The molecule has 0 aliphatic carbocycles. The number of pyridine rings is 1. The molecule has 0 saturated carbocycles. The molecular formula is C52H68N8O8. The third kappa shape index (κ3) is 9.72. The molecule has 8 rings (SSSR count). The van der Waals surface area contributed by atoms with Crippen LogP contribution in [0.1, 0.15) is 97.1 Å². The molecule has 4 N–H and O–H groups in total. The highest BCUT2D eigenvalue weighted by Gasteiger charge is 2.47. The van der Waals surface area contributed by atoms with Gasteiger partial charge in [-0.1, -0.05) is 39.8 Å². The number of nitrogens with one attached hydrogen (secondary N) is 3. The van der Waals surface area contributed by atoms with Crippen molar-refractivity contribution in [2.45, 2.75) is 136 Å². The number of hydrazine groups is 1. The first kappa shape index (κ1) is 48.6. The van der Waals surface area contributed by atoms with E-state index in [0.29, 0.717) is 56.3 Å². The lowest BCUT2D eigenvalue weighted by atomic mass is 9.84. The number of ether oxygens (including phenoxy) is 2. The van der Waals surface area contributed by atoms with Crippen LogP contribution in [0.2, 0.25) is 0 Å². The first-order chi connectivity index (χ1) is 32.4. The number of fused-ring (bicyclic) bond motifs is 6. The zero-order chi connectivity index (χ0) is 48.8. The Kier molecular flexibility index (Phi) is 14.0. The summed E-state index contributed by atoms with van der Waals surface area (Å²) in [7, 11) is 3.26. The Morgan fingerprint density at radius 2 is 1.82 bits per heavy atom. The van der Waals surface area contributed by atoms with Gasteiger partial charge in [0.2, 0.25) is 17.7 Å². The van der Waals surface area contributed by atoms with Gasteiger partial charge in [-0.15, -0.1) is 0 Å². The maximum atomic E-state index is 14.8. The van der Waals surface area contributed by atoms with E-state index in [0.717, 1.165) is 39.0 Å². The highest BCUT2D eigenvalue weighted by atomic mass is 16.5. The average molecular weight is 933 g/mol. The van der Waals surface area contributed by atoms with Crippen molar-refractivity contribution in [1.29, 1.82) is 0 Å². The number of aromatic hydroxyl groups is 1. The zero-order valence-electron chi connectivity index (χ0n) is 40.9. The summed E-state index contributed by atoms with van der Waals surface area (Å²) in [5.74, 6) is -2.32. The Morgan fingerprint density at radius 3 is 2.53 bits per heavy atom. The second kappa shape index (κ2) is 19.6. The number of hydrogen-bond donors (Lipinski definition) is 4. The standard InChI is InChI=1S/C52H68N8O8/c1-10-58-42-18-16-33-25-37(42)38(46(58)36-13-11-19-53-44(36)31(5)67-9)26-52(6,7)28-68-51(66)39-14-12-20-59(56-39)48(63)40(23-32-21-34(33)24-35(61)22-32)55-47(62)45(29(2)3)57(8)50(65)43-17-15-30(4)60(43)49(64)41-27-54-41/h11,13,16,18-19,21-22,24-25,29-31,39-41,43,45,54,56,61H,10,12,14-15,17,20,23,26-28H2,1-9H3,(H,55,62)/t30-,31+,39+,40+,41+,43-,45?/m1/s1. The summed E-state index contributed by atoms with van der Waals surface area (Å²) in [6.45, 7) is 15.5. The number of amides is 4. The first-order valence-electron chi connectivity index (χ1n) is 24.2. The number of rotatable bonds is 10. The predicted molar refractivity (Wildman–Crippen MR) is 258 cm³/mol. The number of nitrogens with zero attached hydrogens (tertiary/aromatic N) is 5. The van der Waals surface area contributed by atoms with E-state index in [2.05, 4.69) is 59.6 Å². The molecule has 2 aromatic carbocycles. The molecule has 16 nitrogen and oxygen atoms in total. The third-order valence-electron chi connectivity index (χ3n) is 14.3. The number of carbonyl (C=O) groups is 5. The maximum Gasteiger partial charge on any atom is 0.324 e. The molecular weight excluding hydrogens is 865 g/mol. The number of hydrogen-bond acceptors (Lipinski definition) is 11. The summed E-state index contributed by atoms with van der Waals surface area (Å²) >= 11 is 0. The summed E-state index contributed by atoms with van der Waals surface area (Å²) in [4.78, 5) is 78.9. The molecule has 4 amide bonds. The lowest BCUT2D eigenvalue weighted by Gasteiger charge is -2.37. The molecule has 0 radical (unpaired) electrons. The number of aromatic nitrogens is 2. The molecule has 4 aliphatic rings. The Labute approximate surface area is 399 Å². The van der Waals surface area contributed by atoms with Crippen LogP contribution in [0.15, 0.2) is 54.7 Å². The van der Waals surface area contributed by atoms with Gasteiger partial charge in [0.25, 0.3) is 5.91 Å². The van der Waals surface area contributed by atoms with Gasteiger partial charge in [0.15, 0.2) is 0 Å². The van der Waals surface area contributed by atoms with Gasteiger partial charge < -0.3 is 39.6 Å². The lowest BCUT2D eigenvalue weighted by Crippen LogP contribution is -2.62. The average Bonchev–Trinajstić information content (AvgIpc) is 4.04. The number of likely N-dealkylation sites (tertiary alicyclic amines) is 1. The van der Waals surface area contributed by atoms with Crippen molar-refractivity contribution >= 4 is 40.5 Å². The second-order valence-electron chi connectivity index (χ2n) is 20.3. The van der Waals surface area contributed by atoms with Crippen molar-refractivity contribution in [3.05, 3.63) is 71.5 Å². The minimum absolute atomic E-state index is 0.0122. The highest BCUT2D eigenvalue weighted by Crippen LogP contribution is 2.42. The second-order valence-corrected chi connectivity index (χ2v) is 20.3. The minimum atomic E-state index is -1.18. The quantitative estimate of drug-likeness (QED) is 0.119. The Balaban J connectivity index is 1.19. The lowest BCUT2D eigenvalue weighted by molar-refractivity contribution is -0.155. The van der Waals surface area contributed by atoms with Crippen molar-refractivity contribution in [2.75, 3.05) is 33.9 Å². The van der Waals surface area contributed by atoms with E-state index in [4.69, 9.17) is 14.5 Å². The van der Waals surface area contributed by atoms with E-state index in [-0.39, 0.29) is 61.2 Å². The van der Waals surface area contributed by atoms with E-state index in [1.54, 1.807) is 37.4 Å². The number of benzene rings is 2. The van der Waals surface area contributed by atoms with E-state index in [1.165, 1.54) is 9.91 Å². The van der Waals surface area contributed by atoms with Crippen LogP contribution in [0.4, 0.5) is 0 Å². The van der Waals surface area contributed by atoms with Crippen LogP contribution in [-0.4, -0.2) is 129 Å². The van der Waals surface area contributed by atoms with Crippen LogP contribution in [0.3, 0.4) is 0 Å². The molecule has 1 unspecified atom stereocenters. The molecule has 2 aromatic heterocycles. The number of phenols is 1. The first-order valence-corrected chi connectivity index (χ1v) is 24.2. The van der Waals surface area contributed by atoms with Gasteiger partial charge in [-0.2, -0.15) is 0 Å². The fraction of sp³-hybridized carbons (Fsp3) is 0.538. The Bertz CT molecular complexity index is 2590. The predicted octanol–water partition coefficient (Wildman–Crippen LogP) is 5.29. The van der Waals surface area contributed by atoms with E-state index in [1.807, 2.05) is 45.9 Å². The molecule has 6 bridgehead atoms. The molecule has 3 fully saturated rings. The fourth-order valence-electron chi connectivity index (χ4n) is 10.6. The van der Waals surface area contributed by atoms with Crippen molar-refractivity contribution in [2.24, 2.45) is 11.3 Å². The third-order valence-corrected chi connectivity index (χ3v) is 14.3. The summed E-state index contributed by atoms with van der Waals surface area (Å²) in [5.41, 5.74) is 9.54. The maximum absolute atomic E-state index is 14.8. The number of esters is 1. The zero-order valence-corrected chi connectivity index (χ0v) is 40.9. The van der Waals surface area contributed by atoms with Gasteiger partial charge in [0.1, 0.15) is 29.9 Å². The molecule has 0 spiro atoms. The van der Waals surface area contributed by atoms with Crippen LogP contribution >= 0.6 is 0 Å². The SMILES string of the molecule is CCn1c(-c2cccnc2[C@H](C)OC)c2c3cc(ccc31)-c1cc(O)cc(c1)C[C@H](NC(=O)C(C(C)C)N(C)C(=O)[C@H]1CC[C@@H](C)N1C(=O)[C@@H]1CN1)C(=O)N1CCC[C@H](N1)C(=O)OCC(C)(C)C2. The van der Waals surface area contributed by atoms with Crippen LogP contribution in [0, 0.1) is 11.3 Å². The van der Waals surface area contributed by atoms with Gasteiger partial charge in [-0.05, 0) is 117 Å². The van der Waals surface area contributed by atoms with Crippen LogP contribution < -0.4 is 16.1 Å². The summed E-state index contributed by atoms with van der Waals surface area (Å²) in [6.07, 6.45) is 4.11. The smallest absolute Gasteiger partial charge is 0.324 e. The minimum Gasteiger partial charge on any atom is -0.508 e. The Morgan fingerprint density at radius 1 is 1.06 bits per heavy atom. The summed E-state index contributed by atoms with van der Waals surface area (Å²) < 4.78 is 14.2. The number of phenolic OH excluding ortho intramolecular Hbond substituents is 1. The summed E-state index contributed by atoms with van der Waals surface area (Å²) in [5, 5.41) is 19.8.